The summed E-state index contributed by atoms with van der Waals surface area (Å²) in [4.78, 5) is 11.0. The third kappa shape index (κ3) is 1.18. The summed E-state index contributed by atoms with van der Waals surface area (Å²) in [6.45, 7) is 1.69. The molecule has 0 atom stereocenters. The van der Waals surface area contributed by atoms with Crippen LogP contribution in [0.1, 0.15) is 6.92 Å². The zero-order valence-electron chi connectivity index (χ0n) is 6.38. The smallest absolute Gasteiger partial charge is 0.257 e. The van der Waals surface area contributed by atoms with Crippen LogP contribution in [0, 0.1) is 22.7 Å². The SMILES string of the molecule is CC1=CC(=C(C#N)C#N)C(=O)N1. The lowest BCUT2D eigenvalue weighted by molar-refractivity contribution is -0.116. The topological polar surface area (TPSA) is 76.7 Å². The maximum Gasteiger partial charge on any atom is 0.257 e. The molecular formula is C8H5N3O. The van der Waals surface area contributed by atoms with Gasteiger partial charge in [0.2, 0.25) is 0 Å². The Morgan fingerprint density at radius 1 is 1.50 bits per heavy atom. The number of rotatable bonds is 0. The molecule has 0 bridgehead atoms. The maximum atomic E-state index is 11.0. The second-order valence-corrected chi connectivity index (χ2v) is 2.29. The molecular weight excluding hydrogens is 154 g/mol. The minimum atomic E-state index is -0.384. The number of carbonyl (C=O) groups excluding carboxylic acids is 1. The first kappa shape index (κ1) is 8.03. The van der Waals surface area contributed by atoms with Gasteiger partial charge in [-0.3, -0.25) is 4.79 Å². The molecule has 0 spiro atoms. The molecule has 0 saturated carbocycles. The molecule has 4 nitrogen and oxygen atoms in total. The summed E-state index contributed by atoms with van der Waals surface area (Å²) in [6.07, 6.45) is 1.49. The summed E-state index contributed by atoms with van der Waals surface area (Å²) in [7, 11) is 0. The van der Waals surface area contributed by atoms with Gasteiger partial charge in [-0.2, -0.15) is 10.5 Å². The van der Waals surface area contributed by atoms with Gasteiger partial charge in [-0.15, -0.1) is 0 Å². The van der Waals surface area contributed by atoms with Crippen LogP contribution in [0.5, 0.6) is 0 Å². The molecule has 1 heterocycles. The van der Waals surface area contributed by atoms with Crippen LogP contribution in [0.15, 0.2) is 22.9 Å². The Morgan fingerprint density at radius 2 is 2.08 bits per heavy atom. The first-order valence-corrected chi connectivity index (χ1v) is 3.23. The molecule has 1 N–H and O–H groups in total. The fraction of sp³-hybridized carbons (Fsp3) is 0.125. The lowest BCUT2D eigenvalue weighted by Gasteiger charge is -1.91. The summed E-state index contributed by atoms with van der Waals surface area (Å²) in [6, 6.07) is 3.32. The van der Waals surface area contributed by atoms with Gasteiger partial charge in [0.1, 0.15) is 17.7 Å². The van der Waals surface area contributed by atoms with Crippen molar-refractivity contribution in [3.63, 3.8) is 0 Å². The maximum absolute atomic E-state index is 11.0. The van der Waals surface area contributed by atoms with Gasteiger partial charge < -0.3 is 5.32 Å². The summed E-state index contributed by atoms with van der Waals surface area (Å²) < 4.78 is 0. The normalized spacial score (nSPS) is 14.4. The van der Waals surface area contributed by atoms with E-state index in [1.54, 1.807) is 19.1 Å². The predicted octanol–water partition coefficient (Wildman–Crippen LogP) is 0.364. The van der Waals surface area contributed by atoms with Crippen molar-refractivity contribution in [1.82, 2.24) is 5.32 Å². The van der Waals surface area contributed by atoms with E-state index in [0.717, 1.165) is 0 Å². The van der Waals surface area contributed by atoms with Crippen LogP contribution in [0.2, 0.25) is 0 Å². The van der Waals surface area contributed by atoms with E-state index in [2.05, 4.69) is 5.32 Å². The molecule has 0 aromatic heterocycles. The zero-order chi connectivity index (χ0) is 9.14. The number of hydrogen-bond donors (Lipinski definition) is 1. The van der Waals surface area contributed by atoms with Gasteiger partial charge in [0, 0.05) is 5.70 Å². The Kier molecular flexibility index (Phi) is 1.94. The lowest BCUT2D eigenvalue weighted by Crippen LogP contribution is -2.15. The fourth-order valence-corrected chi connectivity index (χ4v) is 0.896. The molecule has 58 valence electrons. The van der Waals surface area contributed by atoms with Crippen LogP contribution >= 0.6 is 0 Å². The quantitative estimate of drug-likeness (QED) is 0.409. The monoisotopic (exact) mass is 159 g/mol. The molecule has 1 aliphatic rings. The molecule has 0 aliphatic carbocycles. The second-order valence-electron chi connectivity index (χ2n) is 2.29. The van der Waals surface area contributed by atoms with Crippen molar-refractivity contribution in [3.8, 4) is 12.1 Å². The lowest BCUT2D eigenvalue weighted by atomic mass is 10.1. The van der Waals surface area contributed by atoms with E-state index in [0.29, 0.717) is 5.70 Å². The standard InChI is InChI=1S/C8H5N3O/c1-5-2-7(8(12)11-5)6(3-9)4-10/h2H,1H3,(H,11,12). The molecule has 0 radical (unpaired) electrons. The summed E-state index contributed by atoms with van der Waals surface area (Å²) in [5.74, 6) is -0.384. The van der Waals surface area contributed by atoms with Crippen molar-refractivity contribution in [2.75, 3.05) is 0 Å². The highest BCUT2D eigenvalue weighted by molar-refractivity contribution is 6.02. The van der Waals surface area contributed by atoms with Crippen molar-refractivity contribution in [2.24, 2.45) is 0 Å². The minimum Gasteiger partial charge on any atom is -0.326 e. The Hall–Kier alpha value is -2.07. The Balaban J connectivity index is 3.22. The second kappa shape index (κ2) is 2.89. The molecule has 12 heavy (non-hydrogen) atoms. The van der Waals surface area contributed by atoms with E-state index < -0.39 is 0 Å². The molecule has 0 fully saturated rings. The largest absolute Gasteiger partial charge is 0.326 e. The van der Waals surface area contributed by atoms with Crippen LogP contribution in [-0.4, -0.2) is 5.91 Å². The third-order valence-corrected chi connectivity index (χ3v) is 1.41. The van der Waals surface area contributed by atoms with Crippen molar-refractivity contribution < 1.29 is 4.79 Å². The van der Waals surface area contributed by atoms with Gasteiger partial charge in [0.25, 0.3) is 5.91 Å². The highest BCUT2D eigenvalue weighted by Crippen LogP contribution is 2.13. The molecule has 1 aliphatic heterocycles. The Bertz CT molecular complexity index is 360. The van der Waals surface area contributed by atoms with Gasteiger partial charge in [-0.25, -0.2) is 0 Å². The highest BCUT2D eigenvalue weighted by atomic mass is 16.1. The number of allylic oxidation sites excluding steroid dienone is 2. The van der Waals surface area contributed by atoms with Crippen molar-refractivity contribution in [2.45, 2.75) is 6.92 Å². The van der Waals surface area contributed by atoms with E-state index in [1.807, 2.05) is 0 Å². The molecule has 1 amide bonds. The van der Waals surface area contributed by atoms with Crippen LogP contribution in [0.25, 0.3) is 0 Å². The average molecular weight is 159 g/mol. The number of nitrogens with zero attached hydrogens (tertiary/aromatic N) is 2. The number of amides is 1. The first-order chi connectivity index (χ1) is 5.69. The Labute approximate surface area is 69.4 Å². The first-order valence-electron chi connectivity index (χ1n) is 3.23. The van der Waals surface area contributed by atoms with Crippen LogP contribution in [0.3, 0.4) is 0 Å². The van der Waals surface area contributed by atoms with Crippen LogP contribution < -0.4 is 5.32 Å². The molecule has 4 heteroatoms. The summed E-state index contributed by atoms with van der Waals surface area (Å²) >= 11 is 0. The van der Waals surface area contributed by atoms with Crippen LogP contribution in [0.4, 0.5) is 0 Å². The minimum absolute atomic E-state index is 0.149. The van der Waals surface area contributed by atoms with Crippen molar-refractivity contribution in [1.29, 1.82) is 10.5 Å². The van der Waals surface area contributed by atoms with Crippen molar-refractivity contribution in [3.05, 3.63) is 22.9 Å². The Morgan fingerprint density at radius 3 is 2.42 bits per heavy atom. The molecule has 0 aromatic carbocycles. The van der Waals surface area contributed by atoms with Gasteiger partial charge >= 0.3 is 0 Å². The van der Waals surface area contributed by atoms with E-state index in [9.17, 15) is 4.79 Å². The molecule has 0 aromatic rings. The van der Waals surface area contributed by atoms with E-state index in [4.69, 9.17) is 10.5 Å². The van der Waals surface area contributed by atoms with E-state index in [1.165, 1.54) is 6.08 Å². The van der Waals surface area contributed by atoms with Gasteiger partial charge in [-0.05, 0) is 13.0 Å². The molecule has 1 rings (SSSR count). The van der Waals surface area contributed by atoms with Gasteiger partial charge in [0.15, 0.2) is 0 Å². The zero-order valence-corrected chi connectivity index (χ0v) is 6.38. The summed E-state index contributed by atoms with van der Waals surface area (Å²) in [5, 5.41) is 19.4. The van der Waals surface area contributed by atoms with Gasteiger partial charge in [0.05, 0.1) is 5.57 Å². The van der Waals surface area contributed by atoms with Crippen LogP contribution in [-0.2, 0) is 4.79 Å². The highest BCUT2D eigenvalue weighted by Gasteiger charge is 2.19. The number of nitrogens with one attached hydrogen (secondary N) is 1. The van der Waals surface area contributed by atoms with Crippen molar-refractivity contribution >= 4 is 5.91 Å². The van der Waals surface area contributed by atoms with E-state index >= 15 is 0 Å². The molecule has 0 saturated heterocycles. The number of carbonyl (C=O) groups is 1. The fourth-order valence-electron chi connectivity index (χ4n) is 0.896. The van der Waals surface area contributed by atoms with Gasteiger partial charge in [-0.1, -0.05) is 0 Å². The summed E-state index contributed by atoms with van der Waals surface area (Å²) in [5.41, 5.74) is 0.653. The number of hydrogen-bond acceptors (Lipinski definition) is 3. The van der Waals surface area contributed by atoms with E-state index in [-0.39, 0.29) is 17.1 Å². The third-order valence-electron chi connectivity index (χ3n) is 1.41. The molecule has 0 unspecified atom stereocenters. The average Bonchev–Trinajstić information content (AvgIpc) is 2.34. The number of nitriles is 2. The predicted molar refractivity (Wildman–Crippen MR) is 40.2 cm³/mol.